The van der Waals surface area contributed by atoms with Gasteiger partial charge in [-0.05, 0) is 12.8 Å². The summed E-state index contributed by atoms with van der Waals surface area (Å²) >= 11 is 0. The lowest BCUT2D eigenvalue weighted by molar-refractivity contribution is 0.311. The zero-order chi connectivity index (χ0) is 22.5. The Kier molecular flexibility index (Phi) is 6.79. The van der Waals surface area contributed by atoms with Crippen molar-refractivity contribution in [2.45, 2.75) is 38.1 Å². The van der Waals surface area contributed by atoms with E-state index >= 15 is 0 Å². The summed E-state index contributed by atoms with van der Waals surface area (Å²) in [7, 11) is 4.71. The molecule has 0 bridgehead atoms. The van der Waals surface area contributed by atoms with E-state index < -0.39 is 0 Å². The van der Waals surface area contributed by atoms with Crippen molar-refractivity contribution in [1.82, 2.24) is 19.5 Å². The van der Waals surface area contributed by atoms with Gasteiger partial charge in [-0.25, -0.2) is 4.98 Å². The van der Waals surface area contributed by atoms with E-state index in [4.69, 9.17) is 19.2 Å². The Morgan fingerprint density at radius 1 is 1.03 bits per heavy atom. The van der Waals surface area contributed by atoms with Crippen molar-refractivity contribution >= 4 is 28.6 Å². The third-order valence-electron chi connectivity index (χ3n) is 5.71. The van der Waals surface area contributed by atoms with Crippen LogP contribution >= 0.6 is 0 Å². The highest BCUT2D eigenvalue weighted by molar-refractivity contribution is 5.85. The molecule has 4 rings (SSSR count). The first kappa shape index (κ1) is 21.9. The largest absolute Gasteiger partial charge is 0.493 e. The molecule has 0 amide bonds. The fourth-order valence-corrected chi connectivity index (χ4v) is 4.18. The molecule has 3 N–H and O–H groups in total. The van der Waals surface area contributed by atoms with E-state index in [9.17, 15) is 5.11 Å². The van der Waals surface area contributed by atoms with Crippen molar-refractivity contribution in [2.24, 2.45) is 0 Å². The lowest BCUT2D eigenvalue weighted by atomic mass is 9.95. The highest BCUT2D eigenvalue weighted by atomic mass is 16.5. The highest BCUT2D eigenvalue weighted by Crippen LogP contribution is 2.40. The van der Waals surface area contributed by atoms with Gasteiger partial charge in [-0.15, -0.1) is 0 Å². The molecule has 2 heterocycles. The van der Waals surface area contributed by atoms with Crippen LogP contribution in [0, 0.1) is 0 Å². The maximum Gasteiger partial charge on any atom is 0.231 e. The summed E-state index contributed by atoms with van der Waals surface area (Å²) in [6.07, 6.45) is 7.77. The first-order chi connectivity index (χ1) is 15.7. The number of aliphatic hydroxyl groups excluding tert-OH is 1. The third-order valence-corrected chi connectivity index (χ3v) is 5.71. The Morgan fingerprint density at radius 3 is 2.38 bits per heavy atom. The number of methoxy groups -OCH3 is 3. The molecule has 1 fully saturated rings. The maximum absolute atomic E-state index is 9.29. The first-order valence-corrected chi connectivity index (χ1v) is 10.8. The van der Waals surface area contributed by atoms with Crippen molar-refractivity contribution in [2.75, 3.05) is 45.1 Å². The van der Waals surface area contributed by atoms with Gasteiger partial charge in [0.15, 0.2) is 28.5 Å². The first-order valence-electron chi connectivity index (χ1n) is 10.8. The van der Waals surface area contributed by atoms with Gasteiger partial charge in [-0.2, -0.15) is 9.97 Å². The predicted octanol–water partition coefficient (Wildman–Crippen LogP) is 3.51. The van der Waals surface area contributed by atoms with E-state index in [0.29, 0.717) is 52.8 Å². The SMILES string of the molecule is COc1cc(Nc2nc(NCCO)c3ncn(C4CCCCC4)c3n2)cc(OC)c1OC. The number of nitrogens with zero attached hydrogens (tertiary/aromatic N) is 4. The summed E-state index contributed by atoms with van der Waals surface area (Å²) in [6, 6.07) is 3.98. The van der Waals surface area contributed by atoms with Gasteiger partial charge in [0.1, 0.15) is 0 Å². The standard InChI is InChI=1S/C22H30N6O4/c1-30-16-11-14(12-17(31-2)19(16)32-3)25-22-26-20(23-9-10-29)18-21(27-22)28(13-24-18)15-7-5-4-6-8-15/h11-13,15,29H,4-10H2,1-3H3,(H2,23,25,26,27). The van der Waals surface area contributed by atoms with Crippen molar-refractivity contribution in [1.29, 1.82) is 0 Å². The Hall–Kier alpha value is -3.27. The summed E-state index contributed by atoms with van der Waals surface area (Å²) in [5.74, 6) is 2.55. The average Bonchev–Trinajstić information content (AvgIpc) is 3.26. The Bertz CT molecular complexity index is 1040. The number of aliphatic hydroxyl groups is 1. The van der Waals surface area contributed by atoms with Crippen LogP contribution in [-0.4, -0.2) is 59.1 Å². The van der Waals surface area contributed by atoms with Gasteiger partial charge >= 0.3 is 0 Å². The van der Waals surface area contributed by atoms with Crippen LogP contribution in [-0.2, 0) is 0 Å². The molecule has 1 saturated carbocycles. The quantitative estimate of drug-likeness (QED) is 0.458. The fraction of sp³-hybridized carbons (Fsp3) is 0.500. The van der Waals surface area contributed by atoms with Gasteiger partial charge in [0.2, 0.25) is 11.7 Å². The number of imidazole rings is 1. The van der Waals surface area contributed by atoms with Crippen molar-refractivity contribution in [3.63, 3.8) is 0 Å². The van der Waals surface area contributed by atoms with Crippen molar-refractivity contribution in [3.05, 3.63) is 18.5 Å². The summed E-state index contributed by atoms with van der Waals surface area (Å²) in [5, 5.41) is 15.7. The lowest BCUT2D eigenvalue weighted by Crippen LogP contribution is -2.14. The average molecular weight is 443 g/mol. The molecule has 1 aliphatic rings. The second-order valence-corrected chi connectivity index (χ2v) is 7.70. The zero-order valence-electron chi connectivity index (χ0n) is 18.7. The Labute approximate surface area is 186 Å². The van der Waals surface area contributed by atoms with E-state index in [1.807, 2.05) is 6.33 Å². The van der Waals surface area contributed by atoms with Crippen LogP contribution in [0.4, 0.5) is 17.5 Å². The maximum atomic E-state index is 9.29. The predicted molar refractivity (Wildman–Crippen MR) is 122 cm³/mol. The second kappa shape index (κ2) is 9.90. The molecule has 0 spiro atoms. The molecule has 0 atom stereocenters. The molecule has 10 nitrogen and oxygen atoms in total. The second-order valence-electron chi connectivity index (χ2n) is 7.70. The number of aromatic nitrogens is 4. The van der Waals surface area contributed by atoms with Gasteiger partial charge < -0.3 is 34.5 Å². The summed E-state index contributed by atoms with van der Waals surface area (Å²) in [6.45, 7) is 0.358. The Morgan fingerprint density at radius 2 is 1.75 bits per heavy atom. The Balaban J connectivity index is 1.75. The van der Waals surface area contributed by atoms with Crippen LogP contribution < -0.4 is 24.8 Å². The van der Waals surface area contributed by atoms with Crippen molar-refractivity contribution in [3.8, 4) is 17.2 Å². The van der Waals surface area contributed by atoms with E-state index in [1.165, 1.54) is 19.3 Å². The minimum Gasteiger partial charge on any atom is -0.493 e. The molecule has 2 aromatic heterocycles. The normalized spacial score (nSPS) is 14.4. The third kappa shape index (κ3) is 4.36. The number of ether oxygens (including phenoxy) is 3. The molecule has 0 unspecified atom stereocenters. The van der Waals surface area contributed by atoms with Gasteiger partial charge in [-0.1, -0.05) is 19.3 Å². The fourth-order valence-electron chi connectivity index (χ4n) is 4.18. The van der Waals surface area contributed by atoms with Gasteiger partial charge in [0, 0.05) is 30.4 Å². The zero-order valence-corrected chi connectivity index (χ0v) is 18.7. The van der Waals surface area contributed by atoms with Crippen LogP contribution in [0.5, 0.6) is 17.2 Å². The molecule has 1 aromatic carbocycles. The highest BCUT2D eigenvalue weighted by Gasteiger charge is 2.21. The molecule has 32 heavy (non-hydrogen) atoms. The molecule has 10 heteroatoms. The molecule has 172 valence electrons. The number of fused-ring (bicyclic) bond motifs is 1. The molecular weight excluding hydrogens is 412 g/mol. The smallest absolute Gasteiger partial charge is 0.231 e. The summed E-state index contributed by atoms with van der Waals surface area (Å²) in [4.78, 5) is 14.0. The minimum absolute atomic E-state index is 0.00946. The molecule has 3 aromatic rings. The number of hydrogen-bond donors (Lipinski definition) is 3. The number of hydrogen-bond acceptors (Lipinski definition) is 9. The van der Waals surface area contributed by atoms with E-state index in [-0.39, 0.29) is 6.61 Å². The number of rotatable bonds is 9. The van der Waals surface area contributed by atoms with Gasteiger partial charge in [-0.3, -0.25) is 0 Å². The number of benzene rings is 1. The van der Waals surface area contributed by atoms with E-state index in [2.05, 4.69) is 25.2 Å². The van der Waals surface area contributed by atoms with Gasteiger partial charge in [0.25, 0.3) is 0 Å². The monoisotopic (exact) mass is 442 g/mol. The topological polar surface area (TPSA) is 116 Å². The molecule has 0 radical (unpaired) electrons. The van der Waals surface area contributed by atoms with Crippen LogP contribution in [0.3, 0.4) is 0 Å². The van der Waals surface area contributed by atoms with Crippen LogP contribution in [0.25, 0.3) is 11.2 Å². The molecule has 0 saturated heterocycles. The number of nitrogens with one attached hydrogen (secondary N) is 2. The van der Waals surface area contributed by atoms with E-state index in [1.54, 1.807) is 33.5 Å². The van der Waals surface area contributed by atoms with Gasteiger partial charge in [0.05, 0.1) is 34.3 Å². The van der Waals surface area contributed by atoms with Crippen LogP contribution in [0.1, 0.15) is 38.1 Å². The van der Waals surface area contributed by atoms with E-state index in [0.717, 1.165) is 18.5 Å². The molecular formula is C22H30N6O4. The lowest BCUT2D eigenvalue weighted by Gasteiger charge is -2.23. The molecule has 1 aliphatic carbocycles. The summed E-state index contributed by atoms with van der Waals surface area (Å²) < 4.78 is 18.5. The van der Waals surface area contributed by atoms with Crippen LogP contribution in [0.15, 0.2) is 18.5 Å². The van der Waals surface area contributed by atoms with Crippen molar-refractivity contribution < 1.29 is 19.3 Å². The summed E-state index contributed by atoms with van der Waals surface area (Å²) in [5.41, 5.74) is 2.15. The van der Waals surface area contributed by atoms with Crippen LogP contribution in [0.2, 0.25) is 0 Å². The molecule has 0 aliphatic heterocycles. The minimum atomic E-state index is -0.00946. The number of anilines is 3.